The van der Waals surface area contributed by atoms with Gasteiger partial charge < -0.3 is 0 Å². The van der Waals surface area contributed by atoms with E-state index in [0.29, 0.717) is 16.2 Å². The Bertz CT molecular complexity index is 243. The molecule has 0 spiro atoms. The van der Waals surface area contributed by atoms with E-state index in [1.165, 1.54) is 19.3 Å². The highest BCUT2D eigenvalue weighted by atomic mass is 14.7. The normalized spacial score (nSPS) is 45.9. The summed E-state index contributed by atoms with van der Waals surface area (Å²) in [7, 11) is 0. The highest BCUT2D eigenvalue weighted by Gasteiger charge is 2.63. The molecule has 0 aromatic rings. The largest absolute Gasteiger partial charge is 0.0596 e. The average molecular weight is 194 g/mol. The molecule has 1 unspecified atom stereocenters. The predicted octanol–water partition coefficient (Wildman–Crippen LogP) is 4.49. The van der Waals surface area contributed by atoms with Crippen LogP contribution in [0.25, 0.3) is 0 Å². The van der Waals surface area contributed by atoms with Crippen molar-refractivity contribution in [1.82, 2.24) is 0 Å². The van der Waals surface area contributed by atoms with Crippen molar-refractivity contribution in [2.45, 2.75) is 60.8 Å². The molecule has 82 valence electrons. The second kappa shape index (κ2) is 2.57. The third-order valence-corrected chi connectivity index (χ3v) is 6.17. The second-order valence-electron chi connectivity index (χ2n) is 7.38. The van der Waals surface area contributed by atoms with Gasteiger partial charge in [0.25, 0.3) is 0 Å². The van der Waals surface area contributed by atoms with Crippen LogP contribution in [0.4, 0.5) is 0 Å². The second-order valence-corrected chi connectivity index (χ2v) is 7.38. The van der Waals surface area contributed by atoms with Gasteiger partial charge in [0.15, 0.2) is 0 Å². The Hall–Kier alpha value is 0. The van der Waals surface area contributed by atoms with Crippen molar-refractivity contribution in [3.05, 3.63) is 0 Å². The molecule has 0 amide bonds. The molecule has 2 bridgehead atoms. The summed E-state index contributed by atoms with van der Waals surface area (Å²) >= 11 is 0. The van der Waals surface area contributed by atoms with Gasteiger partial charge in [-0.2, -0.15) is 0 Å². The molecule has 0 saturated heterocycles. The van der Waals surface area contributed by atoms with E-state index in [1.54, 1.807) is 0 Å². The van der Waals surface area contributed by atoms with Gasteiger partial charge in [0.2, 0.25) is 0 Å². The minimum atomic E-state index is 0.455. The van der Waals surface area contributed by atoms with Crippen LogP contribution in [0, 0.1) is 28.1 Å². The lowest BCUT2D eigenvalue weighted by atomic mass is 9.49. The number of fused-ring (bicyclic) bond motifs is 2. The first-order valence-electron chi connectivity index (χ1n) is 6.21. The summed E-state index contributed by atoms with van der Waals surface area (Å²) < 4.78 is 0. The van der Waals surface area contributed by atoms with Crippen LogP contribution in [-0.2, 0) is 0 Å². The van der Waals surface area contributed by atoms with Gasteiger partial charge >= 0.3 is 0 Å². The van der Waals surface area contributed by atoms with Gasteiger partial charge in [-0.25, -0.2) is 0 Å². The molecule has 2 saturated carbocycles. The zero-order valence-electron chi connectivity index (χ0n) is 10.8. The van der Waals surface area contributed by atoms with Gasteiger partial charge in [0.1, 0.15) is 0 Å². The smallest absolute Gasteiger partial charge is 0.0195 e. The van der Waals surface area contributed by atoms with Crippen LogP contribution >= 0.6 is 0 Å². The Kier molecular flexibility index (Phi) is 1.93. The summed E-state index contributed by atoms with van der Waals surface area (Å²) in [6.45, 7) is 14.9. The molecule has 0 aromatic heterocycles. The Morgan fingerprint density at radius 1 is 0.929 bits per heavy atom. The molecule has 0 N–H and O–H groups in total. The van der Waals surface area contributed by atoms with Crippen molar-refractivity contribution in [2.75, 3.05) is 0 Å². The van der Waals surface area contributed by atoms with Gasteiger partial charge in [-0.1, -0.05) is 41.5 Å². The molecule has 0 nitrogen and oxygen atoms in total. The zero-order valence-corrected chi connectivity index (χ0v) is 10.8. The lowest BCUT2D eigenvalue weighted by molar-refractivity contribution is -0.0717. The minimum absolute atomic E-state index is 0.455. The average Bonchev–Trinajstić information content (AvgIpc) is 2.52. The van der Waals surface area contributed by atoms with E-state index in [-0.39, 0.29) is 0 Å². The molecule has 2 rings (SSSR count). The molecule has 2 aliphatic carbocycles. The summed E-state index contributed by atoms with van der Waals surface area (Å²) in [4.78, 5) is 0. The molecule has 2 fully saturated rings. The summed E-state index contributed by atoms with van der Waals surface area (Å²) in [5, 5.41) is 0. The fraction of sp³-hybridized carbons (Fsp3) is 1.00. The maximum absolute atomic E-state index is 2.55. The number of rotatable bonds is 0. The molecule has 14 heavy (non-hydrogen) atoms. The van der Waals surface area contributed by atoms with Crippen LogP contribution in [0.3, 0.4) is 0 Å². The standard InChI is InChI=1S/C14H26/c1-12(2,3)14(6)11-8-7-10(9-11)13(14,4)5/h10-11H,7-9H2,1-6H3/t10-,11+,14?/m0/s1. The monoisotopic (exact) mass is 194 g/mol. The summed E-state index contributed by atoms with van der Waals surface area (Å²) in [5.41, 5.74) is 1.55. The maximum atomic E-state index is 2.55. The first-order chi connectivity index (χ1) is 6.21. The SMILES string of the molecule is CC(C)(C)C1(C)[C@@H]2CC[C@@H](C2)C1(C)C. The number of hydrogen-bond donors (Lipinski definition) is 0. The maximum Gasteiger partial charge on any atom is -0.0195 e. The highest BCUT2D eigenvalue weighted by molar-refractivity contribution is 5.12. The Balaban J connectivity index is 2.44. The third-order valence-electron chi connectivity index (χ3n) is 6.17. The molecule has 3 atom stereocenters. The Morgan fingerprint density at radius 2 is 1.43 bits per heavy atom. The van der Waals surface area contributed by atoms with E-state index in [0.717, 1.165) is 11.8 Å². The van der Waals surface area contributed by atoms with E-state index < -0.39 is 0 Å². The van der Waals surface area contributed by atoms with Gasteiger partial charge in [-0.15, -0.1) is 0 Å². The van der Waals surface area contributed by atoms with Crippen LogP contribution in [0.15, 0.2) is 0 Å². The van der Waals surface area contributed by atoms with Gasteiger partial charge in [-0.05, 0) is 47.3 Å². The van der Waals surface area contributed by atoms with Crippen LogP contribution in [-0.4, -0.2) is 0 Å². The van der Waals surface area contributed by atoms with Crippen molar-refractivity contribution in [3.8, 4) is 0 Å². The van der Waals surface area contributed by atoms with E-state index in [2.05, 4.69) is 41.5 Å². The van der Waals surface area contributed by atoms with Crippen molar-refractivity contribution in [2.24, 2.45) is 28.1 Å². The van der Waals surface area contributed by atoms with Crippen LogP contribution in [0.2, 0.25) is 0 Å². The predicted molar refractivity (Wildman–Crippen MR) is 62.2 cm³/mol. The van der Waals surface area contributed by atoms with Gasteiger partial charge in [0, 0.05) is 0 Å². The van der Waals surface area contributed by atoms with Gasteiger partial charge in [-0.3, -0.25) is 0 Å². The van der Waals surface area contributed by atoms with E-state index >= 15 is 0 Å². The molecule has 0 heterocycles. The first kappa shape index (κ1) is 10.5. The van der Waals surface area contributed by atoms with E-state index in [9.17, 15) is 0 Å². The van der Waals surface area contributed by atoms with E-state index in [1.807, 2.05) is 0 Å². The molecule has 2 aliphatic rings. The molecule has 0 heteroatoms. The fourth-order valence-corrected chi connectivity index (χ4v) is 4.69. The lowest BCUT2D eigenvalue weighted by Crippen LogP contribution is -2.49. The zero-order chi connectivity index (χ0) is 10.8. The Labute approximate surface area is 89.5 Å². The quantitative estimate of drug-likeness (QED) is 0.533. The number of hydrogen-bond acceptors (Lipinski definition) is 0. The Morgan fingerprint density at radius 3 is 1.71 bits per heavy atom. The van der Waals surface area contributed by atoms with E-state index in [4.69, 9.17) is 0 Å². The first-order valence-corrected chi connectivity index (χ1v) is 6.21. The molecular formula is C14H26. The highest BCUT2D eigenvalue weighted by Crippen LogP contribution is 2.71. The third kappa shape index (κ3) is 0.955. The van der Waals surface area contributed by atoms with Crippen molar-refractivity contribution in [1.29, 1.82) is 0 Å². The molecule has 0 aromatic carbocycles. The molecule has 0 aliphatic heterocycles. The molecular weight excluding hydrogens is 168 g/mol. The summed E-state index contributed by atoms with van der Waals surface area (Å²) in [5.74, 6) is 1.99. The van der Waals surface area contributed by atoms with Crippen molar-refractivity contribution >= 4 is 0 Å². The van der Waals surface area contributed by atoms with Crippen LogP contribution in [0.1, 0.15) is 60.8 Å². The molecule has 0 radical (unpaired) electrons. The summed E-state index contributed by atoms with van der Waals surface area (Å²) in [6.07, 6.45) is 4.48. The topological polar surface area (TPSA) is 0 Å². The summed E-state index contributed by atoms with van der Waals surface area (Å²) in [6, 6.07) is 0. The lowest BCUT2D eigenvalue weighted by Gasteiger charge is -2.55. The van der Waals surface area contributed by atoms with Crippen LogP contribution < -0.4 is 0 Å². The van der Waals surface area contributed by atoms with Gasteiger partial charge in [0.05, 0.1) is 0 Å². The van der Waals surface area contributed by atoms with Crippen molar-refractivity contribution in [3.63, 3.8) is 0 Å². The minimum Gasteiger partial charge on any atom is -0.0596 e. The fourth-order valence-electron chi connectivity index (χ4n) is 4.69. The van der Waals surface area contributed by atoms with Crippen LogP contribution in [0.5, 0.6) is 0 Å². The van der Waals surface area contributed by atoms with Crippen molar-refractivity contribution < 1.29 is 0 Å².